The van der Waals surface area contributed by atoms with Crippen LogP contribution >= 0.6 is 0 Å². The molecule has 1 aromatic carbocycles. The average Bonchev–Trinajstić information content (AvgIpc) is 3.05. The third-order valence-corrected chi connectivity index (χ3v) is 6.11. The number of ether oxygens (including phenoxy) is 1. The van der Waals surface area contributed by atoms with Gasteiger partial charge in [0.25, 0.3) is 0 Å². The van der Waals surface area contributed by atoms with Crippen LogP contribution in [0.3, 0.4) is 0 Å². The molecular weight excluding hydrogens is 310 g/mol. The number of aromatic nitrogens is 2. The van der Waals surface area contributed by atoms with Crippen molar-refractivity contribution in [1.82, 2.24) is 14.7 Å². The number of piperidine rings is 1. The van der Waals surface area contributed by atoms with E-state index >= 15 is 0 Å². The van der Waals surface area contributed by atoms with Crippen LogP contribution in [0.1, 0.15) is 55.4 Å². The molecule has 0 saturated carbocycles. The molecule has 4 rings (SSSR count). The second-order valence-corrected chi connectivity index (χ2v) is 7.65. The Morgan fingerprint density at radius 2 is 2.00 bits per heavy atom. The van der Waals surface area contributed by atoms with E-state index in [9.17, 15) is 0 Å². The number of hydrogen-bond donors (Lipinski definition) is 0. The molecule has 1 fully saturated rings. The van der Waals surface area contributed by atoms with Gasteiger partial charge in [0.05, 0.1) is 12.3 Å². The summed E-state index contributed by atoms with van der Waals surface area (Å²) in [6.07, 6.45) is 9.34. The minimum atomic E-state index is 0.292. The van der Waals surface area contributed by atoms with E-state index in [0.717, 1.165) is 19.6 Å². The highest BCUT2D eigenvalue weighted by atomic mass is 16.5. The summed E-state index contributed by atoms with van der Waals surface area (Å²) in [6, 6.07) is 9.02. The number of likely N-dealkylation sites (tertiary alicyclic amines) is 1. The molecule has 1 atom stereocenters. The fourth-order valence-electron chi connectivity index (χ4n) is 4.80. The topological polar surface area (TPSA) is 30.3 Å². The molecule has 4 nitrogen and oxygen atoms in total. The fraction of sp³-hybridized carbons (Fsp3) is 0.571. The first-order valence-electron chi connectivity index (χ1n) is 9.61. The Hall–Kier alpha value is -1.65. The van der Waals surface area contributed by atoms with Crippen molar-refractivity contribution in [2.24, 2.45) is 7.05 Å². The monoisotopic (exact) mass is 339 g/mol. The third kappa shape index (κ3) is 3.25. The predicted octanol–water partition coefficient (Wildman–Crippen LogP) is 3.83. The Morgan fingerprint density at radius 3 is 2.72 bits per heavy atom. The Kier molecular flexibility index (Phi) is 4.65. The zero-order valence-electron chi connectivity index (χ0n) is 15.4. The van der Waals surface area contributed by atoms with Gasteiger partial charge in [0, 0.05) is 32.0 Å². The molecule has 2 heterocycles. The van der Waals surface area contributed by atoms with Gasteiger partial charge < -0.3 is 4.74 Å². The molecule has 2 aromatic rings. The fourth-order valence-corrected chi connectivity index (χ4v) is 4.80. The van der Waals surface area contributed by atoms with Crippen LogP contribution in [-0.2, 0) is 23.7 Å². The van der Waals surface area contributed by atoms with Crippen LogP contribution in [0.4, 0.5) is 0 Å². The Balaban J connectivity index is 1.49. The minimum Gasteiger partial charge on any atom is -0.374 e. The van der Waals surface area contributed by atoms with Crippen LogP contribution in [0.15, 0.2) is 36.7 Å². The van der Waals surface area contributed by atoms with Gasteiger partial charge in [0.1, 0.15) is 0 Å². The molecule has 1 spiro atoms. The van der Waals surface area contributed by atoms with Crippen molar-refractivity contribution in [3.05, 3.63) is 53.3 Å². The molecule has 134 valence electrons. The first-order chi connectivity index (χ1) is 12.2. The summed E-state index contributed by atoms with van der Waals surface area (Å²) in [5.74, 6) is 0. The third-order valence-electron chi connectivity index (χ3n) is 6.11. The van der Waals surface area contributed by atoms with Crippen LogP contribution in [-0.4, -0.2) is 34.4 Å². The first-order valence-corrected chi connectivity index (χ1v) is 9.61. The van der Waals surface area contributed by atoms with Gasteiger partial charge in [0.2, 0.25) is 0 Å². The highest BCUT2D eigenvalue weighted by Crippen LogP contribution is 2.48. The van der Waals surface area contributed by atoms with Crippen molar-refractivity contribution in [3.8, 4) is 0 Å². The predicted molar refractivity (Wildman–Crippen MR) is 99.4 cm³/mol. The highest BCUT2D eigenvalue weighted by Gasteiger charge is 2.41. The normalized spacial score (nSPS) is 22.9. The largest absolute Gasteiger partial charge is 0.374 e. The lowest BCUT2D eigenvalue weighted by molar-refractivity contribution is 0.0297. The van der Waals surface area contributed by atoms with Gasteiger partial charge in [-0.2, -0.15) is 5.10 Å². The van der Waals surface area contributed by atoms with Crippen molar-refractivity contribution in [1.29, 1.82) is 0 Å². The van der Waals surface area contributed by atoms with Gasteiger partial charge in [-0.05, 0) is 62.2 Å². The van der Waals surface area contributed by atoms with Gasteiger partial charge >= 0.3 is 0 Å². The van der Waals surface area contributed by atoms with Gasteiger partial charge in [-0.25, -0.2) is 0 Å². The zero-order valence-corrected chi connectivity index (χ0v) is 15.4. The van der Waals surface area contributed by atoms with E-state index in [4.69, 9.17) is 4.74 Å². The molecule has 1 unspecified atom stereocenters. The smallest absolute Gasteiger partial charge is 0.0828 e. The first kappa shape index (κ1) is 16.8. The minimum absolute atomic E-state index is 0.292. The lowest BCUT2D eigenvalue weighted by Crippen LogP contribution is -2.44. The van der Waals surface area contributed by atoms with Crippen LogP contribution in [0.5, 0.6) is 0 Å². The molecule has 1 aliphatic heterocycles. The lowest BCUT2D eigenvalue weighted by Gasteiger charge is -2.47. The van der Waals surface area contributed by atoms with Crippen molar-refractivity contribution >= 4 is 0 Å². The Morgan fingerprint density at radius 1 is 1.20 bits per heavy atom. The highest BCUT2D eigenvalue weighted by molar-refractivity contribution is 5.39. The van der Waals surface area contributed by atoms with Crippen LogP contribution in [0, 0.1) is 0 Å². The van der Waals surface area contributed by atoms with E-state index in [1.807, 2.05) is 17.9 Å². The summed E-state index contributed by atoms with van der Waals surface area (Å²) in [7, 11) is 1.99. The number of benzene rings is 1. The van der Waals surface area contributed by atoms with Crippen LogP contribution in [0.25, 0.3) is 0 Å². The summed E-state index contributed by atoms with van der Waals surface area (Å²) in [4.78, 5) is 2.58. The second kappa shape index (κ2) is 6.93. The van der Waals surface area contributed by atoms with Crippen molar-refractivity contribution in [2.45, 2.75) is 50.7 Å². The molecule has 1 aliphatic carbocycles. The molecule has 0 radical (unpaired) electrons. The molecule has 0 amide bonds. The molecule has 2 aliphatic rings. The van der Waals surface area contributed by atoms with Crippen molar-refractivity contribution in [3.63, 3.8) is 0 Å². The van der Waals surface area contributed by atoms with E-state index < -0.39 is 0 Å². The molecule has 4 heteroatoms. The second-order valence-electron chi connectivity index (χ2n) is 7.65. The summed E-state index contributed by atoms with van der Waals surface area (Å²) in [5.41, 5.74) is 4.67. The van der Waals surface area contributed by atoms with Crippen molar-refractivity contribution in [2.75, 3.05) is 19.7 Å². The summed E-state index contributed by atoms with van der Waals surface area (Å²) >= 11 is 0. The number of nitrogens with zero attached hydrogens (tertiary/aromatic N) is 3. The van der Waals surface area contributed by atoms with E-state index in [2.05, 4.69) is 47.4 Å². The van der Waals surface area contributed by atoms with Gasteiger partial charge in [-0.15, -0.1) is 0 Å². The van der Waals surface area contributed by atoms with Crippen LogP contribution in [0.2, 0.25) is 0 Å². The van der Waals surface area contributed by atoms with Gasteiger partial charge in [0.15, 0.2) is 0 Å². The average molecular weight is 339 g/mol. The standard InChI is InChI=1S/C21H29N3O/c1-3-25-20-8-9-21(19-7-5-4-6-18(19)20)10-12-24(13-11-21)16-17-14-22-23(2)15-17/h4-7,14-15,20H,3,8-13,16H2,1-2H3. The maximum absolute atomic E-state index is 6.03. The quantitative estimate of drug-likeness (QED) is 0.848. The molecule has 1 saturated heterocycles. The van der Waals surface area contributed by atoms with E-state index in [0.29, 0.717) is 11.5 Å². The molecule has 25 heavy (non-hydrogen) atoms. The number of aryl methyl sites for hydroxylation is 1. The molecule has 0 N–H and O–H groups in total. The van der Waals surface area contributed by atoms with Crippen molar-refractivity contribution < 1.29 is 4.74 Å². The van der Waals surface area contributed by atoms with E-state index in [1.165, 1.54) is 43.5 Å². The molecular formula is C21H29N3O. The summed E-state index contributed by atoms with van der Waals surface area (Å²) in [6.45, 7) is 6.26. The zero-order chi connectivity index (χ0) is 17.3. The van der Waals surface area contributed by atoms with Gasteiger partial charge in [-0.3, -0.25) is 9.58 Å². The maximum atomic E-state index is 6.03. The summed E-state index contributed by atoms with van der Waals surface area (Å²) in [5, 5.41) is 4.30. The van der Waals surface area contributed by atoms with Gasteiger partial charge in [-0.1, -0.05) is 24.3 Å². The lowest BCUT2D eigenvalue weighted by atomic mass is 9.64. The summed E-state index contributed by atoms with van der Waals surface area (Å²) < 4.78 is 7.92. The van der Waals surface area contributed by atoms with E-state index in [-0.39, 0.29) is 0 Å². The van der Waals surface area contributed by atoms with Crippen LogP contribution < -0.4 is 0 Å². The number of rotatable bonds is 4. The molecule has 0 bridgehead atoms. The SMILES string of the molecule is CCOC1CCC2(CCN(Cc3cnn(C)c3)CC2)c2ccccc21. The number of fused-ring (bicyclic) bond motifs is 2. The maximum Gasteiger partial charge on any atom is 0.0828 e. The van der Waals surface area contributed by atoms with E-state index in [1.54, 1.807) is 5.56 Å². The Bertz CT molecular complexity index is 715. The Labute approximate surface area is 150 Å². The number of hydrogen-bond acceptors (Lipinski definition) is 3. The molecule has 1 aromatic heterocycles.